The van der Waals surface area contributed by atoms with Crippen LogP contribution in [0.25, 0.3) is 0 Å². The highest BCUT2D eigenvalue weighted by molar-refractivity contribution is 7.16. The van der Waals surface area contributed by atoms with E-state index in [4.69, 9.17) is 9.73 Å². The van der Waals surface area contributed by atoms with Gasteiger partial charge >= 0.3 is 0 Å². The number of pyridine rings is 1. The lowest BCUT2D eigenvalue weighted by atomic mass is 9.95. The normalized spacial score (nSPS) is 19.7. The van der Waals surface area contributed by atoms with Gasteiger partial charge in [0.05, 0.1) is 30.5 Å². The molecule has 1 unspecified atom stereocenters. The Morgan fingerprint density at radius 3 is 3.00 bits per heavy atom. The number of rotatable bonds is 2. The predicted molar refractivity (Wildman–Crippen MR) is 86.7 cm³/mol. The molecule has 0 aromatic carbocycles. The van der Waals surface area contributed by atoms with E-state index in [0.717, 1.165) is 39.9 Å². The summed E-state index contributed by atoms with van der Waals surface area (Å²) in [6.45, 7) is 2.80. The van der Waals surface area contributed by atoms with Crippen LogP contribution in [-0.4, -0.2) is 30.3 Å². The maximum absolute atomic E-state index is 12.7. The number of anilines is 1. The first-order chi connectivity index (χ1) is 10.7. The van der Waals surface area contributed by atoms with Crippen LogP contribution in [0.1, 0.15) is 21.7 Å². The van der Waals surface area contributed by atoms with Gasteiger partial charge in [0.2, 0.25) is 5.88 Å². The van der Waals surface area contributed by atoms with Crippen LogP contribution in [0.5, 0.6) is 5.88 Å². The zero-order valence-corrected chi connectivity index (χ0v) is 13.2. The van der Waals surface area contributed by atoms with Crippen molar-refractivity contribution >= 4 is 33.6 Å². The Labute approximate surface area is 132 Å². The molecular formula is C16H15N3O2S. The fourth-order valence-corrected chi connectivity index (χ4v) is 3.93. The summed E-state index contributed by atoms with van der Waals surface area (Å²) in [7, 11) is 1.60. The first-order valence-corrected chi connectivity index (χ1v) is 8.00. The van der Waals surface area contributed by atoms with Crippen LogP contribution in [0.4, 0.5) is 10.7 Å². The molecule has 0 spiro atoms. The van der Waals surface area contributed by atoms with Crippen molar-refractivity contribution in [2.45, 2.75) is 13.3 Å². The van der Waals surface area contributed by atoms with Gasteiger partial charge in [-0.2, -0.15) is 0 Å². The second-order valence-corrected chi connectivity index (χ2v) is 6.70. The number of methoxy groups -OCH3 is 1. The summed E-state index contributed by atoms with van der Waals surface area (Å²) in [5.41, 5.74) is 1.73. The number of hydrogen-bond acceptors (Lipinski definition) is 6. The van der Waals surface area contributed by atoms with Crippen LogP contribution in [-0.2, 0) is 0 Å². The van der Waals surface area contributed by atoms with Crippen LogP contribution < -0.4 is 9.64 Å². The topological polar surface area (TPSA) is 54.8 Å². The molecule has 1 atom stereocenters. The van der Waals surface area contributed by atoms with Crippen LogP contribution in [0.2, 0.25) is 0 Å². The lowest BCUT2D eigenvalue weighted by Crippen LogP contribution is -2.32. The predicted octanol–water partition coefficient (Wildman–Crippen LogP) is 3.21. The summed E-state index contributed by atoms with van der Waals surface area (Å²) >= 11 is 1.58. The van der Waals surface area contributed by atoms with Crippen LogP contribution in [0.15, 0.2) is 29.4 Å². The Kier molecular flexibility index (Phi) is 3.00. The van der Waals surface area contributed by atoms with E-state index in [1.54, 1.807) is 24.6 Å². The number of thiophene rings is 1. The Bertz CT molecular complexity index is 779. The molecule has 4 heterocycles. The number of ether oxygens (including phenoxy) is 1. The molecule has 6 heteroatoms. The van der Waals surface area contributed by atoms with E-state index in [1.807, 2.05) is 25.1 Å². The van der Waals surface area contributed by atoms with Gasteiger partial charge in [-0.1, -0.05) is 0 Å². The van der Waals surface area contributed by atoms with Crippen LogP contribution in [0, 0.1) is 12.8 Å². The van der Waals surface area contributed by atoms with Crippen molar-refractivity contribution in [1.82, 2.24) is 4.98 Å². The quantitative estimate of drug-likeness (QED) is 0.854. The molecule has 2 aromatic heterocycles. The van der Waals surface area contributed by atoms with Crippen molar-refractivity contribution in [2.24, 2.45) is 10.9 Å². The number of Topliss-reactive ketones (excluding diaryl/α,β-unsaturated/α-hetero) is 1. The van der Waals surface area contributed by atoms with Gasteiger partial charge in [0.15, 0.2) is 5.78 Å². The average molecular weight is 313 g/mol. The van der Waals surface area contributed by atoms with Crippen LogP contribution in [0.3, 0.4) is 0 Å². The van der Waals surface area contributed by atoms with Crippen molar-refractivity contribution < 1.29 is 9.53 Å². The smallest absolute Gasteiger partial charge is 0.213 e. The van der Waals surface area contributed by atoms with Crippen molar-refractivity contribution in [3.8, 4) is 5.88 Å². The number of amidine groups is 1. The number of hydrogen-bond donors (Lipinski definition) is 0. The molecule has 1 saturated heterocycles. The molecule has 0 saturated carbocycles. The van der Waals surface area contributed by atoms with Gasteiger partial charge in [-0.05, 0) is 25.5 Å². The van der Waals surface area contributed by atoms with Crippen molar-refractivity contribution in [3.05, 3.63) is 34.8 Å². The first-order valence-electron chi connectivity index (χ1n) is 7.18. The molecule has 4 rings (SSSR count). The number of fused-ring (bicyclic) bond motifs is 2. The highest BCUT2D eigenvalue weighted by atomic mass is 32.1. The summed E-state index contributed by atoms with van der Waals surface area (Å²) in [6.07, 6.45) is 2.57. The third kappa shape index (κ3) is 1.94. The Hall–Kier alpha value is -2.21. The van der Waals surface area contributed by atoms with Crippen LogP contribution >= 0.6 is 11.3 Å². The Balaban J connectivity index is 1.75. The number of carbonyl (C=O) groups is 1. The molecular weight excluding hydrogens is 298 g/mol. The van der Waals surface area contributed by atoms with Gasteiger partial charge < -0.3 is 9.64 Å². The molecule has 112 valence electrons. The molecule has 1 fully saturated rings. The number of carbonyl (C=O) groups excluding carboxylic acids is 1. The summed E-state index contributed by atoms with van der Waals surface area (Å²) < 4.78 is 5.09. The largest absolute Gasteiger partial charge is 0.481 e. The van der Waals surface area contributed by atoms with E-state index in [2.05, 4.69) is 9.88 Å². The van der Waals surface area contributed by atoms with Gasteiger partial charge in [-0.15, -0.1) is 11.3 Å². The van der Waals surface area contributed by atoms with E-state index in [0.29, 0.717) is 5.88 Å². The van der Waals surface area contributed by atoms with Gasteiger partial charge in [-0.25, -0.2) is 9.98 Å². The second-order valence-electron chi connectivity index (χ2n) is 5.46. The summed E-state index contributed by atoms with van der Waals surface area (Å²) in [5, 5.41) is 0.835. The third-order valence-electron chi connectivity index (χ3n) is 4.10. The minimum Gasteiger partial charge on any atom is -0.481 e. The number of nitrogens with zero attached hydrogens (tertiary/aromatic N) is 3. The van der Waals surface area contributed by atoms with Crippen molar-refractivity contribution in [3.63, 3.8) is 0 Å². The molecule has 5 nitrogen and oxygen atoms in total. The fourth-order valence-electron chi connectivity index (χ4n) is 3.04. The van der Waals surface area contributed by atoms with Gasteiger partial charge in [-0.3, -0.25) is 4.79 Å². The first kappa shape index (κ1) is 13.5. The molecule has 2 aliphatic heterocycles. The molecule has 2 aliphatic rings. The third-order valence-corrected chi connectivity index (χ3v) is 5.05. The average Bonchev–Trinajstić information content (AvgIpc) is 3.11. The molecule has 0 radical (unpaired) electrons. The number of aryl methyl sites for hydroxylation is 1. The number of aromatic nitrogens is 1. The minimum absolute atomic E-state index is 0.122. The highest BCUT2D eigenvalue weighted by Gasteiger charge is 2.40. The summed E-state index contributed by atoms with van der Waals surface area (Å²) in [5.74, 6) is 1.51. The Morgan fingerprint density at radius 1 is 1.41 bits per heavy atom. The van der Waals surface area contributed by atoms with E-state index >= 15 is 0 Å². The van der Waals surface area contributed by atoms with Gasteiger partial charge in [0, 0.05) is 17.5 Å². The molecule has 0 bridgehead atoms. The highest BCUT2D eigenvalue weighted by Crippen LogP contribution is 2.41. The van der Waals surface area contributed by atoms with Gasteiger partial charge in [0.25, 0.3) is 0 Å². The zero-order chi connectivity index (χ0) is 15.3. The van der Waals surface area contributed by atoms with Gasteiger partial charge in [0.1, 0.15) is 10.8 Å². The maximum Gasteiger partial charge on any atom is 0.213 e. The van der Waals surface area contributed by atoms with Crippen molar-refractivity contribution in [1.29, 1.82) is 0 Å². The molecule has 0 amide bonds. The molecule has 0 aliphatic carbocycles. The van der Waals surface area contributed by atoms with E-state index in [-0.39, 0.29) is 11.7 Å². The lowest BCUT2D eigenvalue weighted by molar-refractivity contribution is 0.0954. The second kappa shape index (κ2) is 4.91. The number of ketones is 1. The maximum atomic E-state index is 12.7. The monoisotopic (exact) mass is 313 g/mol. The number of aliphatic imine (C=N–C) groups is 1. The standard InChI is InChI=1S/C16H15N3O2S/c1-9-7-12-14(20)11-5-6-19(15(11)18-16(12)22-9)10-3-4-13(21-2)17-8-10/h3-4,7-8,11H,5-6H2,1-2H3. The lowest BCUT2D eigenvalue weighted by Gasteiger charge is -2.22. The molecule has 22 heavy (non-hydrogen) atoms. The zero-order valence-electron chi connectivity index (χ0n) is 12.4. The fraction of sp³-hybridized carbons (Fsp3) is 0.312. The molecule has 2 aromatic rings. The SMILES string of the molecule is COc1ccc(N2CCC3C(=O)c4cc(C)sc4N=C32)cn1. The minimum atomic E-state index is -0.122. The summed E-state index contributed by atoms with van der Waals surface area (Å²) in [6, 6.07) is 5.74. The summed E-state index contributed by atoms with van der Waals surface area (Å²) in [4.78, 5) is 24.9. The molecule has 0 N–H and O–H groups in total. The Morgan fingerprint density at radius 2 is 2.27 bits per heavy atom. The van der Waals surface area contributed by atoms with E-state index in [9.17, 15) is 4.79 Å². The van der Waals surface area contributed by atoms with Crippen molar-refractivity contribution in [2.75, 3.05) is 18.6 Å². The van der Waals surface area contributed by atoms with E-state index < -0.39 is 0 Å². The van der Waals surface area contributed by atoms with E-state index in [1.165, 1.54) is 0 Å².